The first-order valence-electron chi connectivity index (χ1n) is 8.08. The second-order valence-corrected chi connectivity index (χ2v) is 7.30. The van der Waals surface area contributed by atoms with E-state index in [2.05, 4.69) is 31.3 Å². The second-order valence-electron chi connectivity index (χ2n) is 5.42. The molecule has 0 aliphatic rings. The van der Waals surface area contributed by atoms with Crippen LogP contribution < -0.4 is 16.0 Å². The van der Waals surface area contributed by atoms with Crippen LogP contribution in [0.3, 0.4) is 0 Å². The maximum Gasteiger partial charge on any atom is 0.251 e. The third-order valence-corrected chi connectivity index (χ3v) is 5.01. The maximum absolute atomic E-state index is 12.1. The van der Waals surface area contributed by atoms with Crippen LogP contribution in [0.4, 0.5) is 0 Å². The number of aromatic nitrogens is 1. The van der Waals surface area contributed by atoms with Crippen LogP contribution in [-0.2, 0) is 6.42 Å². The Morgan fingerprint density at radius 2 is 1.85 bits per heavy atom. The van der Waals surface area contributed by atoms with Crippen LogP contribution in [0.25, 0.3) is 0 Å². The van der Waals surface area contributed by atoms with Crippen molar-refractivity contribution in [1.82, 2.24) is 20.9 Å². The fourth-order valence-corrected chi connectivity index (χ4v) is 3.09. The van der Waals surface area contributed by atoms with E-state index in [-0.39, 0.29) is 29.9 Å². The average Bonchev–Trinajstić information content (AvgIpc) is 3.04. The lowest BCUT2D eigenvalue weighted by Gasteiger charge is -2.12. The van der Waals surface area contributed by atoms with Crippen molar-refractivity contribution in [2.24, 2.45) is 4.99 Å². The Bertz CT molecular complexity index is 784. The third-order valence-electron chi connectivity index (χ3n) is 3.45. The number of thiazole rings is 1. The molecule has 0 spiro atoms. The summed E-state index contributed by atoms with van der Waals surface area (Å²) in [5, 5.41) is 13.1. The number of aryl methyl sites for hydroxylation is 1. The molecule has 27 heavy (non-hydrogen) atoms. The maximum atomic E-state index is 12.1. The van der Waals surface area contributed by atoms with Crippen molar-refractivity contribution in [2.75, 3.05) is 26.7 Å². The van der Waals surface area contributed by atoms with Crippen molar-refractivity contribution in [1.29, 1.82) is 0 Å². The third kappa shape index (κ3) is 8.20. The summed E-state index contributed by atoms with van der Waals surface area (Å²) in [5.74, 6) is 0.480. The number of aliphatic imine (C=N–C) groups is 1. The van der Waals surface area contributed by atoms with Crippen LogP contribution in [0.2, 0.25) is 10.0 Å². The van der Waals surface area contributed by atoms with Gasteiger partial charge in [0, 0.05) is 44.0 Å². The lowest BCUT2D eigenvalue weighted by molar-refractivity contribution is 0.0954. The molecular weight excluding hydrogens is 520 g/mol. The van der Waals surface area contributed by atoms with Gasteiger partial charge < -0.3 is 16.0 Å². The van der Waals surface area contributed by atoms with Gasteiger partial charge in [0.1, 0.15) is 0 Å². The van der Waals surface area contributed by atoms with E-state index in [0.29, 0.717) is 34.7 Å². The van der Waals surface area contributed by atoms with Gasteiger partial charge in [-0.3, -0.25) is 9.79 Å². The number of hydrogen-bond donors (Lipinski definition) is 3. The molecule has 2 aromatic rings. The number of nitrogens with zero attached hydrogens (tertiary/aromatic N) is 2. The van der Waals surface area contributed by atoms with E-state index in [9.17, 15) is 4.79 Å². The van der Waals surface area contributed by atoms with Crippen LogP contribution in [0, 0.1) is 6.92 Å². The topological polar surface area (TPSA) is 78.4 Å². The molecule has 148 valence electrons. The normalized spacial score (nSPS) is 10.9. The standard InChI is InChI=1S/C17H21Cl2N5OS.HI/c1-11-24-13(10-26-11)5-6-22-17(20-2)23-8-7-21-16(25)12-3-4-14(18)15(19)9-12;/h3-4,9-10H,5-8H2,1-2H3,(H,21,25)(H2,20,22,23);1H. The number of carbonyl (C=O) groups is 1. The largest absolute Gasteiger partial charge is 0.356 e. The summed E-state index contributed by atoms with van der Waals surface area (Å²) < 4.78 is 0. The monoisotopic (exact) mass is 541 g/mol. The van der Waals surface area contributed by atoms with Crippen molar-refractivity contribution < 1.29 is 4.79 Å². The zero-order valence-electron chi connectivity index (χ0n) is 15.0. The number of guanidine groups is 1. The lowest BCUT2D eigenvalue weighted by atomic mass is 10.2. The van der Waals surface area contributed by atoms with Gasteiger partial charge >= 0.3 is 0 Å². The first-order chi connectivity index (χ1) is 12.5. The van der Waals surface area contributed by atoms with Gasteiger partial charge in [0.2, 0.25) is 0 Å². The summed E-state index contributed by atoms with van der Waals surface area (Å²) in [7, 11) is 1.70. The van der Waals surface area contributed by atoms with Crippen LogP contribution in [-0.4, -0.2) is 43.5 Å². The van der Waals surface area contributed by atoms with Crippen molar-refractivity contribution in [2.45, 2.75) is 13.3 Å². The summed E-state index contributed by atoms with van der Waals surface area (Å²) in [6.07, 6.45) is 0.832. The zero-order valence-corrected chi connectivity index (χ0v) is 19.7. The van der Waals surface area contributed by atoms with Crippen molar-refractivity contribution >= 4 is 70.4 Å². The highest BCUT2D eigenvalue weighted by Crippen LogP contribution is 2.22. The minimum atomic E-state index is -0.202. The number of nitrogens with one attached hydrogen (secondary N) is 3. The van der Waals surface area contributed by atoms with Crippen LogP contribution >= 0.6 is 58.5 Å². The number of rotatable bonds is 7. The fourth-order valence-electron chi connectivity index (χ4n) is 2.15. The number of carbonyl (C=O) groups excluding carboxylic acids is 1. The van der Waals surface area contributed by atoms with Crippen LogP contribution in [0.5, 0.6) is 0 Å². The van der Waals surface area contributed by atoms with E-state index < -0.39 is 0 Å². The number of amides is 1. The Labute approximate surface area is 190 Å². The number of benzene rings is 1. The lowest BCUT2D eigenvalue weighted by Crippen LogP contribution is -2.42. The number of hydrogen-bond acceptors (Lipinski definition) is 4. The Balaban J connectivity index is 0.00000364. The van der Waals surface area contributed by atoms with Gasteiger partial charge in [-0.2, -0.15) is 0 Å². The molecule has 0 bridgehead atoms. The summed E-state index contributed by atoms with van der Waals surface area (Å²) >= 11 is 13.4. The molecule has 0 saturated heterocycles. The van der Waals surface area contributed by atoms with E-state index in [1.165, 1.54) is 0 Å². The second kappa shape index (κ2) is 12.4. The summed E-state index contributed by atoms with van der Waals surface area (Å²) in [6.45, 7) is 3.72. The molecular formula is C17H22Cl2IN5OS. The van der Waals surface area contributed by atoms with Gasteiger partial charge in [-0.15, -0.1) is 35.3 Å². The molecule has 1 amide bonds. The molecule has 1 aromatic heterocycles. The molecule has 0 unspecified atom stereocenters. The van der Waals surface area contributed by atoms with Gasteiger partial charge in [0.15, 0.2) is 5.96 Å². The van der Waals surface area contributed by atoms with Crippen molar-refractivity contribution in [3.05, 3.63) is 49.9 Å². The van der Waals surface area contributed by atoms with Gasteiger partial charge in [-0.25, -0.2) is 4.98 Å². The van der Waals surface area contributed by atoms with E-state index in [0.717, 1.165) is 23.7 Å². The molecule has 0 fully saturated rings. The SMILES string of the molecule is CN=C(NCCNC(=O)c1ccc(Cl)c(Cl)c1)NCCc1csc(C)n1.I. The van der Waals surface area contributed by atoms with Gasteiger partial charge in [-0.1, -0.05) is 23.2 Å². The van der Waals surface area contributed by atoms with Crippen molar-refractivity contribution in [3.63, 3.8) is 0 Å². The molecule has 3 N–H and O–H groups in total. The van der Waals surface area contributed by atoms with E-state index in [1.54, 1.807) is 36.6 Å². The van der Waals surface area contributed by atoms with E-state index in [4.69, 9.17) is 23.2 Å². The van der Waals surface area contributed by atoms with Crippen LogP contribution in [0.1, 0.15) is 21.1 Å². The molecule has 0 aliphatic carbocycles. The fraction of sp³-hybridized carbons (Fsp3) is 0.353. The summed E-state index contributed by atoms with van der Waals surface area (Å²) in [4.78, 5) is 20.6. The van der Waals surface area contributed by atoms with Gasteiger partial charge in [0.25, 0.3) is 5.91 Å². The predicted molar refractivity (Wildman–Crippen MR) is 124 cm³/mol. The highest BCUT2D eigenvalue weighted by Gasteiger charge is 2.07. The molecule has 2 rings (SSSR count). The Kier molecular flexibility index (Phi) is 11.0. The van der Waals surface area contributed by atoms with E-state index >= 15 is 0 Å². The van der Waals surface area contributed by atoms with Crippen LogP contribution in [0.15, 0.2) is 28.6 Å². The molecule has 0 saturated carbocycles. The molecule has 1 heterocycles. The molecule has 0 atom stereocenters. The molecule has 0 aliphatic heterocycles. The minimum absolute atomic E-state index is 0. The quantitative estimate of drug-likeness (QED) is 0.217. The van der Waals surface area contributed by atoms with Crippen molar-refractivity contribution in [3.8, 4) is 0 Å². The first-order valence-corrected chi connectivity index (χ1v) is 9.72. The number of halogens is 3. The Hall–Kier alpha value is -1.10. The molecule has 1 aromatic carbocycles. The molecule has 6 nitrogen and oxygen atoms in total. The average molecular weight is 542 g/mol. The summed E-state index contributed by atoms with van der Waals surface area (Å²) in [5.41, 5.74) is 1.55. The highest BCUT2D eigenvalue weighted by molar-refractivity contribution is 14.0. The predicted octanol–water partition coefficient (Wildman–Crippen LogP) is 3.51. The Morgan fingerprint density at radius 3 is 2.48 bits per heavy atom. The van der Waals surface area contributed by atoms with E-state index in [1.807, 2.05) is 6.92 Å². The highest BCUT2D eigenvalue weighted by atomic mass is 127. The van der Waals surface area contributed by atoms with Gasteiger partial charge in [-0.05, 0) is 25.1 Å². The molecule has 10 heteroatoms. The minimum Gasteiger partial charge on any atom is -0.356 e. The smallest absolute Gasteiger partial charge is 0.251 e. The van der Waals surface area contributed by atoms with Gasteiger partial charge in [0.05, 0.1) is 20.7 Å². The Morgan fingerprint density at radius 1 is 1.15 bits per heavy atom. The summed E-state index contributed by atoms with van der Waals surface area (Å²) in [6, 6.07) is 4.79. The molecule has 0 radical (unpaired) electrons. The first kappa shape index (κ1) is 23.9. The zero-order chi connectivity index (χ0) is 18.9.